The minimum atomic E-state index is -3.66. The van der Waals surface area contributed by atoms with E-state index in [1.807, 2.05) is 0 Å². The van der Waals surface area contributed by atoms with Crippen LogP contribution in [-0.4, -0.2) is 26.3 Å². The Kier molecular flexibility index (Phi) is 5.53. The number of carbonyl (C=O) groups is 2. The van der Waals surface area contributed by atoms with Crippen molar-refractivity contribution in [2.75, 3.05) is 0 Å². The normalized spacial score (nSPS) is 11.8. The Morgan fingerprint density at radius 1 is 1.12 bits per heavy atom. The maximum atomic E-state index is 11.0. The summed E-state index contributed by atoms with van der Waals surface area (Å²) in [6, 6.07) is 0. The molecule has 6 nitrogen and oxygen atoms in total. The third-order valence-electron chi connectivity index (χ3n) is 1.23. The third-order valence-corrected chi connectivity index (χ3v) is 3.19. The Balaban J connectivity index is 4.85. The number of rotatable bonds is 5. The van der Waals surface area contributed by atoms with Gasteiger partial charge in [-0.2, -0.15) is 4.58 Å². The topological polar surface area (TPSA) is 71.1 Å². The first kappa shape index (κ1) is 15.8. The molecule has 0 aliphatic carbocycles. The molecular weight excluding hydrogens is 244 g/mol. The first-order valence-corrected chi connectivity index (χ1v) is 6.80. The van der Waals surface area contributed by atoms with E-state index in [-0.39, 0.29) is 0 Å². The Bertz CT molecular complexity index is 290. The lowest BCUT2D eigenvalue weighted by Crippen LogP contribution is -2.48. The van der Waals surface area contributed by atoms with Crippen LogP contribution in [0.15, 0.2) is 12.3 Å². The summed E-state index contributed by atoms with van der Waals surface area (Å²) < 4.78 is 14.8. The molecule has 0 aliphatic rings. The lowest BCUT2D eigenvalue weighted by Gasteiger charge is -2.26. The Morgan fingerprint density at radius 2 is 1.53 bits per heavy atom. The van der Waals surface area contributed by atoms with Gasteiger partial charge in [0.2, 0.25) is 0 Å². The fourth-order valence-corrected chi connectivity index (χ4v) is 2.27. The molecule has 0 radical (unpaired) electrons. The van der Waals surface area contributed by atoms with Crippen LogP contribution in [0.5, 0.6) is 0 Å². The van der Waals surface area contributed by atoms with Crippen LogP contribution in [0, 0.1) is 0 Å². The van der Waals surface area contributed by atoms with Gasteiger partial charge in [0.05, 0.1) is 5.60 Å². The zero-order chi connectivity index (χ0) is 13.7. The van der Waals surface area contributed by atoms with Gasteiger partial charge in [0, 0.05) is 19.5 Å². The molecule has 0 spiro atoms. The van der Waals surface area contributed by atoms with Gasteiger partial charge in [-0.3, -0.25) is 9.59 Å². The molecule has 7 heteroatoms. The van der Waals surface area contributed by atoms with Crippen molar-refractivity contribution in [1.29, 1.82) is 0 Å². The number of carbonyl (C=O) groups excluding carboxylic acids is 2. The molecule has 0 atom stereocenters. The summed E-state index contributed by atoms with van der Waals surface area (Å²) in [7, 11) is -3.66. The Labute approximate surface area is 102 Å². The van der Waals surface area contributed by atoms with Gasteiger partial charge in [-0.25, -0.2) is 4.89 Å². The lowest BCUT2D eigenvalue weighted by atomic mass is 10.2. The van der Waals surface area contributed by atoms with E-state index >= 15 is 0 Å². The second kappa shape index (κ2) is 5.94. The van der Waals surface area contributed by atoms with Crippen molar-refractivity contribution >= 4 is 20.7 Å². The molecule has 0 amide bonds. The van der Waals surface area contributed by atoms with Gasteiger partial charge >= 0.3 is 8.80 Å². The van der Waals surface area contributed by atoms with E-state index in [1.54, 1.807) is 20.8 Å². The van der Waals surface area contributed by atoms with Crippen LogP contribution in [-0.2, 0) is 27.9 Å². The molecule has 17 heavy (non-hydrogen) atoms. The Hall–Kier alpha value is -1.18. The fourth-order valence-electron chi connectivity index (χ4n) is 0.756. The first-order chi connectivity index (χ1) is 7.60. The summed E-state index contributed by atoms with van der Waals surface area (Å²) in [5, 5.41) is 0. The minimum absolute atomic E-state index is 0.637. The highest BCUT2D eigenvalue weighted by atomic mass is 28.4. The quantitative estimate of drug-likeness (QED) is 0.425. The molecule has 0 aromatic rings. The summed E-state index contributed by atoms with van der Waals surface area (Å²) in [4.78, 5) is 26.9. The predicted octanol–water partition coefficient (Wildman–Crippen LogP) is 1.52. The highest BCUT2D eigenvalue weighted by molar-refractivity contribution is 6.68. The third kappa shape index (κ3) is 6.87. The van der Waals surface area contributed by atoms with E-state index in [1.165, 1.54) is 13.8 Å². The van der Waals surface area contributed by atoms with Crippen molar-refractivity contribution in [3.8, 4) is 0 Å². The van der Waals surface area contributed by atoms with E-state index in [4.69, 9.17) is 18.3 Å². The summed E-state index contributed by atoms with van der Waals surface area (Å²) in [5.74, 6) is -1.29. The van der Waals surface area contributed by atoms with Crippen LogP contribution >= 0.6 is 0 Å². The largest absolute Gasteiger partial charge is 0.692 e. The molecule has 0 aromatic heterocycles. The van der Waals surface area contributed by atoms with E-state index in [0.717, 1.165) is 5.70 Å². The van der Waals surface area contributed by atoms with Crippen molar-refractivity contribution in [3.05, 3.63) is 12.3 Å². The number of hydrogen-bond acceptors (Lipinski definition) is 6. The smallest absolute Gasteiger partial charge is 0.460 e. The molecule has 0 heterocycles. The molecule has 0 rings (SSSR count). The van der Waals surface area contributed by atoms with Crippen molar-refractivity contribution < 1.29 is 27.9 Å². The molecule has 0 fully saturated rings. The van der Waals surface area contributed by atoms with Gasteiger partial charge in [0.25, 0.3) is 11.9 Å². The second-order valence-corrected chi connectivity index (χ2v) is 6.46. The summed E-state index contributed by atoms with van der Waals surface area (Å²) in [6.45, 7) is 11.0. The van der Waals surface area contributed by atoms with Gasteiger partial charge in [0.15, 0.2) is 0 Å². The molecule has 0 saturated heterocycles. The lowest BCUT2D eigenvalue weighted by molar-refractivity contribution is -0.303. The van der Waals surface area contributed by atoms with Crippen LogP contribution in [0.3, 0.4) is 0 Å². The molecule has 0 aromatic carbocycles. The highest BCUT2D eigenvalue weighted by Gasteiger charge is 2.48. The zero-order valence-corrected chi connectivity index (χ0v) is 11.7. The van der Waals surface area contributed by atoms with Gasteiger partial charge in [-0.15, -0.1) is 0 Å². The van der Waals surface area contributed by atoms with E-state index in [2.05, 4.69) is 6.58 Å². The predicted molar refractivity (Wildman–Crippen MR) is 61.4 cm³/mol. The van der Waals surface area contributed by atoms with Gasteiger partial charge in [-0.05, 0) is 20.8 Å². The van der Waals surface area contributed by atoms with Crippen molar-refractivity contribution in [3.63, 3.8) is 0 Å². The van der Waals surface area contributed by atoms with E-state index < -0.39 is 26.3 Å². The van der Waals surface area contributed by atoms with Crippen LogP contribution in [0.1, 0.15) is 34.6 Å². The summed E-state index contributed by atoms with van der Waals surface area (Å²) in [5.41, 5.74) is 0.517. The molecule has 0 N–H and O–H groups in total. The second-order valence-electron chi connectivity index (χ2n) is 4.27. The summed E-state index contributed by atoms with van der Waals surface area (Å²) in [6.07, 6.45) is 0. The van der Waals surface area contributed by atoms with Crippen LogP contribution < -0.4 is 0 Å². The van der Waals surface area contributed by atoms with Crippen LogP contribution in [0.2, 0.25) is 0 Å². The molecule has 0 saturated carbocycles. The maximum absolute atomic E-state index is 11.0. The zero-order valence-electron chi connectivity index (χ0n) is 10.7. The SMILES string of the molecule is C=C[Si](OOC(C)(C)C)(OC(C)=O)OC(C)=O. The van der Waals surface area contributed by atoms with Crippen molar-refractivity contribution in [1.82, 2.24) is 0 Å². The molecular formula is C10H18O6Si. The van der Waals surface area contributed by atoms with Gasteiger partial charge in [-0.1, -0.05) is 6.58 Å². The molecule has 0 unspecified atom stereocenters. The van der Waals surface area contributed by atoms with E-state index in [9.17, 15) is 9.59 Å². The van der Waals surface area contributed by atoms with Crippen molar-refractivity contribution in [2.24, 2.45) is 0 Å². The summed E-state index contributed by atoms with van der Waals surface area (Å²) >= 11 is 0. The van der Waals surface area contributed by atoms with Crippen molar-refractivity contribution in [2.45, 2.75) is 40.2 Å². The van der Waals surface area contributed by atoms with Gasteiger partial charge in [0.1, 0.15) is 0 Å². The number of hydrogen-bond donors (Lipinski definition) is 0. The molecule has 0 bridgehead atoms. The standard InChI is InChI=1S/C10H18O6Si/c1-7-17(13-8(2)11,14-9(3)12)16-15-10(4,5)6/h7H,1H2,2-6H3. The molecule has 0 aliphatic heterocycles. The maximum Gasteiger partial charge on any atom is 0.692 e. The Morgan fingerprint density at radius 3 is 1.76 bits per heavy atom. The fraction of sp³-hybridized carbons (Fsp3) is 0.600. The van der Waals surface area contributed by atoms with Crippen LogP contribution in [0.25, 0.3) is 0 Å². The highest BCUT2D eigenvalue weighted by Crippen LogP contribution is 2.17. The van der Waals surface area contributed by atoms with Crippen LogP contribution in [0.4, 0.5) is 0 Å². The minimum Gasteiger partial charge on any atom is -0.460 e. The first-order valence-electron chi connectivity index (χ1n) is 5.00. The average Bonchev–Trinajstić information content (AvgIpc) is 2.11. The molecule has 98 valence electrons. The van der Waals surface area contributed by atoms with E-state index in [0.29, 0.717) is 0 Å². The average molecular weight is 262 g/mol. The monoisotopic (exact) mass is 262 g/mol. The van der Waals surface area contributed by atoms with Gasteiger partial charge < -0.3 is 8.85 Å².